The number of halogens is 1. The van der Waals surface area contributed by atoms with E-state index in [-0.39, 0.29) is 28.7 Å². The summed E-state index contributed by atoms with van der Waals surface area (Å²) in [6, 6.07) is 19.7. The van der Waals surface area contributed by atoms with Gasteiger partial charge in [0.2, 0.25) is 0 Å². The summed E-state index contributed by atoms with van der Waals surface area (Å²) in [6.07, 6.45) is 1.33. The van der Waals surface area contributed by atoms with Crippen molar-refractivity contribution in [3.05, 3.63) is 88.5 Å². The number of hydrogen-bond acceptors (Lipinski definition) is 7. The van der Waals surface area contributed by atoms with Gasteiger partial charge in [-0.2, -0.15) is 5.26 Å². The normalized spacial score (nSPS) is 10.6. The topological polar surface area (TPSA) is 127 Å². The summed E-state index contributed by atoms with van der Waals surface area (Å²) in [4.78, 5) is 36.4. The minimum Gasteiger partial charge on any atom is -0.493 e. The molecule has 0 spiro atoms. The molecule has 0 radical (unpaired) electrons. The van der Waals surface area contributed by atoms with E-state index in [1.54, 1.807) is 24.3 Å². The average Bonchev–Trinajstić information content (AvgIpc) is 2.91. The van der Waals surface area contributed by atoms with Crippen molar-refractivity contribution >= 4 is 46.8 Å². The van der Waals surface area contributed by atoms with E-state index >= 15 is 0 Å². The van der Waals surface area contributed by atoms with Crippen LogP contribution in [0.2, 0.25) is 5.02 Å². The Hall–Kier alpha value is -4.81. The largest absolute Gasteiger partial charge is 0.493 e. The lowest BCUT2D eigenvalue weighted by Gasteiger charge is -2.13. The van der Waals surface area contributed by atoms with Gasteiger partial charge in [0.05, 0.1) is 24.8 Å². The van der Waals surface area contributed by atoms with E-state index in [4.69, 9.17) is 21.1 Å². The van der Waals surface area contributed by atoms with Crippen molar-refractivity contribution in [1.29, 1.82) is 5.26 Å². The van der Waals surface area contributed by atoms with Gasteiger partial charge in [-0.1, -0.05) is 29.8 Å². The number of nitrogens with zero attached hydrogens (tertiary/aromatic N) is 1. The number of benzene rings is 3. The monoisotopic (exact) mass is 519 g/mol. The molecule has 0 saturated heterocycles. The molecule has 0 heterocycles. The zero-order valence-corrected chi connectivity index (χ0v) is 20.7. The molecular weight excluding hydrogens is 498 g/mol. The van der Waals surface area contributed by atoms with Gasteiger partial charge >= 0.3 is 5.97 Å². The van der Waals surface area contributed by atoms with Crippen molar-refractivity contribution in [2.45, 2.75) is 0 Å². The van der Waals surface area contributed by atoms with Crippen LogP contribution in [0, 0.1) is 11.3 Å². The average molecular weight is 520 g/mol. The number of nitriles is 1. The number of anilines is 2. The number of rotatable bonds is 9. The fourth-order valence-electron chi connectivity index (χ4n) is 3.14. The summed E-state index contributed by atoms with van der Waals surface area (Å²) in [5.74, 6) is -1.22. The highest BCUT2D eigenvalue weighted by Crippen LogP contribution is 2.37. The second-order valence-electron chi connectivity index (χ2n) is 7.43. The van der Waals surface area contributed by atoms with Crippen molar-refractivity contribution in [2.75, 3.05) is 31.5 Å². The SMILES string of the molecule is COC(=O)c1ccc(NC(=O)/C(C#N)=C/c2cc(Cl)c(OCC(=O)Nc3ccccc3)c(OC)c2)cc1. The molecule has 0 fully saturated rings. The standard InChI is InChI=1S/C27H22ClN3O6/c1-35-23-14-17(13-22(28)25(23)37-16-24(32)30-20-6-4-3-5-7-20)12-19(15-29)26(33)31-21-10-8-18(9-11-21)27(34)36-2/h3-14H,16H2,1-2H3,(H,30,32)(H,31,33)/b19-12+. The third-order valence-corrected chi connectivity index (χ3v) is 5.18. The number of ether oxygens (including phenoxy) is 3. The number of esters is 1. The molecule has 0 aliphatic rings. The number of nitrogens with one attached hydrogen (secondary N) is 2. The zero-order valence-electron chi connectivity index (χ0n) is 19.9. The van der Waals surface area contributed by atoms with Crippen LogP contribution in [0.3, 0.4) is 0 Å². The first-order chi connectivity index (χ1) is 17.8. The summed E-state index contributed by atoms with van der Waals surface area (Å²) in [5.41, 5.74) is 1.52. The maximum absolute atomic E-state index is 12.6. The van der Waals surface area contributed by atoms with Gasteiger partial charge < -0.3 is 24.8 Å². The first-order valence-electron chi connectivity index (χ1n) is 10.8. The van der Waals surface area contributed by atoms with Crippen molar-refractivity contribution < 1.29 is 28.6 Å². The van der Waals surface area contributed by atoms with E-state index in [1.165, 1.54) is 56.7 Å². The van der Waals surface area contributed by atoms with Crippen LogP contribution in [0.25, 0.3) is 6.08 Å². The quantitative estimate of drug-likeness (QED) is 0.238. The zero-order chi connectivity index (χ0) is 26.8. The van der Waals surface area contributed by atoms with Gasteiger partial charge in [0.1, 0.15) is 11.6 Å². The molecule has 0 aliphatic carbocycles. The smallest absolute Gasteiger partial charge is 0.337 e. The molecule has 10 heteroatoms. The fraction of sp³-hybridized carbons (Fsp3) is 0.111. The highest BCUT2D eigenvalue weighted by atomic mass is 35.5. The Morgan fingerprint density at radius 1 is 0.973 bits per heavy atom. The van der Waals surface area contributed by atoms with Crippen LogP contribution in [0.15, 0.2) is 72.3 Å². The van der Waals surface area contributed by atoms with Gasteiger partial charge in [0.15, 0.2) is 18.1 Å². The summed E-state index contributed by atoms with van der Waals surface area (Å²) in [7, 11) is 2.66. The van der Waals surface area contributed by atoms with Crippen molar-refractivity contribution in [2.24, 2.45) is 0 Å². The number of para-hydroxylation sites is 1. The van der Waals surface area contributed by atoms with Crippen molar-refractivity contribution in [1.82, 2.24) is 0 Å². The van der Waals surface area contributed by atoms with E-state index in [9.17, 15) is 19.6 Å². The molecule has 3 aromatic carbocycles. The minimum absolute atomic E-state index is 0.120. The molecule has 3 aromatic rings. The predicted octanol–water partition coefficient (Wildman–Crippen LogP) is 4.70. The second kappa shape index (κ2) is 12.8. The molecule has 0 aromatic heterocycles. The van der Waals surface area contributed by atoms with Gasteiger partial charge in [-0.3, -0.25) is 9.59 Å². The summed E-state index contributed by atoms with van der Waals surface area (Å²) >= 11 is 6.36. The fourth-order valence-corrected chi connectivity index (χ4v) is 3.41. The molecule has 0 unspecified atom stereocenters. The summed E-state index contributed by atoms with van der Waals surface area (Å²) in [5, 5.41) is 14.9. The van der Waals surface area contributed by atoms with Crippen LogP contribution in [-0.2, 0) is 14.3 Å². The third-order valence-electron chi connectivity index (χ3n) is 4.90. The molecule has 9 nitrogen and oxygen atoms in total. The Balaban J connectivity index is 1.72. The van der Waals surface area contributed by atoms with Crippen LogP contribution in [0.5, 0.6) is 11.5 Å². The summed E-state index contributed by atoms with van der Waals surface area (Å²) in [6.45, 7) is -0.319. The van der Waals surface area contributed by atoms with E-state index < -0.39 is 17.8 Å². The molecule has 37 heavy (non-hydrogen) atoms. The Kier molecular flexibility index (Phi) is 9.24. The van der Waals surface area contributed by atoms with E-state index in [2.05, 4.69) is 15.4 Å². The number of carbonyl (C=O) groups is 3. The van der Waals surface area contributed by atoms with E-state index in [0.717, 1.165) is 0 Å². The molecule has 0 atom stereocenters. The van der Waals surface area contributed by atoms with Gasteiger partial charge in [-0.25, -0.2) is 4.79 Å². The molecule has 3 rings (SSSR count). The maximum Gasteiger partial charge on any atom is 0.337 e. The molecule has 2 amide bonds. The molecule has 0 bridgehead atoms. The van der Waals surface area contributed by atoms with Crippen molar-refractivity contribution in [3.63, 3.8) is 0 Å². The highest BCUT2D eigenvalue weighted by molar-refractivity contribution is 6.32. The van der Waals surface area contributed by atoms with E-state index in [1.807, 2.05) is 12.1 Å². The lowest BCUT2D eigenvalue weighted by Crippen LogP contribution is -2.20. The third kappa shape index (κ3) is 7.34. The minimum atomic E-state index is -0.665. The number of amides is 2. The predicted molar refractivity (Wildman–Crippen MR) is 139 cm³/mol. The van der Waals surface area contributed by atoms with Gasteiger partial charge in [-0.05, 0) is 60.2 Å². The van der Waals surface area contributed by atoms with Crippen LogP contribution < -0.4 is 20.1 Å². The van der Waals surface area contributed by atoms with Crippen molar-refractivity contribution in [3.8, 4) is 17.6 Å². The lowest BCUT2D eigenvalue weighted by atomic mass is 10.1. The Morgan fingerprint density at radius 2 is 1.65 bits per heavy atom. The number of carbonyl (C=O) groups excluding carboxylic acids is 3. The highest BCUT2D eigenvalue weighted by Gasteiger charge is 2.16. The first-order valence-corrected chi connectivity index (χ1v) is 11.2. The maximum atomic E-state index is 12.6. The van der Waals surface area contributed by atoms with E-state index in [0.29, 0.717) is 22.5 Å². The molecule has 0 aliphatic heterocycles. The van der Waals surface area contributed by atoms with Crippen LogP contribution in [-0.4, -0.2) is 38.6 Å². The molecular formula is C27H22ClN3O6. The lowest BCUT2D eigenvalue weighted by molar-refractivity contribution is -0.118. The Bertz CT molecular complexity index is 1370. The molecule has 188 valence electrons. The number of hydrogen-bond donors (Lipinski definition) is 2. The van der Waals surface area contributed by atoms with Gasteiger partial charge in [-0.15, -0.1) is 0 Å². The molecule has 2 N–H and O–H groups in total. The Labute approximate surface area is 218 Å². The van der Waals surface area contributed by atoms with Gasteiger partial charge in [0.25, 0.3) is 11.8 Å². The Morgan fingerprint density at radius 3 is 2.27 bits per heavy atom. The van der Waals surface area contributed by atoms with Crippen LogP contribution >= 0.6 is 11.6 Å². The number of methoxy groups -OCH3 is 2. The second-order valence-corrected chi connectivity index (χ2v) is 7.84. The first kappa shape index (κ1) is 26.8. The van der Waals surface area contributed by atoms with Crippen LogP contribution in [0.1, 0.15) is 15.9 Å². The summed E-state index contributed by atoms with van der Waals surface area (Å²) < 4.78 is 15.5. The molecule has 0 saturated carbocycles. The van der Waals surface area contributed by atoms with Crippen LogP contribution in [0.4, 0.5) is 11.4 Å². The van der Waals surface area contributed by atoms with Gasteiger partial charge in [0, 0.05) is 11.4 Å².